The lowest BCUT2D eigenvalue weighted by Crippen LogP contribution is -2.45. The predicted molar refractivity (Wildman–Crippen MR) is 106 cm³/mol. The van der Waals surface area contributed by atoms with Gasteiger partial charge in [-0.15, -0.1) is 0 Å². The van der Waals surface area contributed by atoms with Crippen LogP contribution in [0.3, 0.4) is 0 Å². The molecule has 0 aromatic rings. The van der Waals surface area contributed by atoms with Gasteiger partial charge in [0, 0.05) is 6.42 Å². The third-order valence-corrected chi connectivity index (χ3v) is 11.2. The largest absolute Gasteiger partial charge is 0.469 e. The van der Waals surface area contributed by atoms with E-state index in [2.05, 4.69) is 50.7 Å². The van der Waals surface area contributed by atoms with Crippen molar-refractivity contribution in [3.8, 4) is 6.07 Å². The molecular formula is C21H35NO3Si. The van der Waals surface area contributed by atoms with Crippen molar-refractivity contribution >= 4 is 14.3 Å². The molecule has 26 heavy (non-hydrogen) atoms. The second kappa shape index (κ2) is 8.27. The predicted octanol–water partition coefficient (Wildman–Crippen LogP) is 5.22. The molecule has 2 aliphatic carbocycles. The summed E-state index contributed by atoms with van der Waals surface area (Å²) in [4.78, 5) is 11.2. The van der Waals surface area contributed by atoms with E-state index < -0.39 is 8.32 Å². The molecule has 0 unspecified atom stereocenters. The van der Waals surface area contributed by atoms with Gasteiger partial charge < -0.3 is 9.16 Å². The van der Waals surface area contributed by atoms with E-state index in [4.69, 9.17) is 4.43 Å². The van der Waals surface area contributed by atoms with Gasteiger partial charge >= 0.3 is 5.97 Å². The number of methoxy groups -OCH3 is 1. The Balaban J connectivity index is 1.92. The quantitative estimate of drug-likeness (QED) is 0.276. The number of nitriles is 1. The van der Waals surface area contributed by atoms with Crippen molar-refractivity contribution < 1.29 is 14.0 Å². The summed E-state index contributed by atoms with van der Waals surface area (Å²) in [5, 5.41) is 9.96. The van der Waals surface area contributed by atoms with E-state index in [9.17, 15) is 10.1 Å². The maximum atomic E-state index is 11.2. The molecule has 0 radical (unpaired) electrons. The molecule has 0 spiro atoms. The van der Waals surface area contributed by atoms with Gasteiger partial charge in [-0.05, 0) is 62.1 Å². The van der Waals surface area contributed by atoms with E-state index in [1.165, 1.54) is 12.7 Å². The standard InChI is InChI=1S/C21H35NO3Si/c1-21(2,3)26(5,6)25-19-13-16-11-15(12-17(16)18(19)14-22)9-7-8-10-20(23)24-4/h9,16-19H,7-8,10-13H2,1-6H3/b15-9-/t16-,17-,18+,19+/m0/s1. The van der Waals surface area contributed by atoms with E-state index in [-0.39, 0.29) is 23.0 Å². The lowest BCUT2D eigenvalue weighted by Gasteiger charge is -2.39. The van der Waals surface area contributed by atoms with Crippen molar-refractivity contribution in [1.29, 1.82) is 5.26 Å². The molecule has 0 bridgehead atoms. The van der Waals surface area contributed by atoms with Crippen LogP contribution in [0.5, 0.6) is 0 Å². The first-order chi connectivity index (χ1) is 12.1. The maximum Gasteiger partial charge on any atom is 0.305 e. The number of nitrogens with zero attached hydrogens (tertiary/aromatic N) is 1. The highest BCUT2D eigenvalue weighted by Gasteiger charge is 2.50. The number of esters is 1. The summed E-state index contributed by atoms with van der Waals surface area (Å²) >= 11 is 0. The van der Waals surface area contributed by atoms with Gasteiger partial charge in [0.2, 0.25) is 0 Å². The number of fused-ring (bicyclic) bond motifs is 1. The molecule has 0 saturated heterocycles. The summed E-state index contributed by atoms with van der Waals surface area (Å²) in [5.74, 6) is 0.917. The van der Waals surface area contributed by atoms with Gasteiger partial charge in [-0.25, -0.2) is 0 Å². The third-order valence-electron chi connectivity index (χ3n) is 6.67. The Morgan fingerprint density at radius 3 is 2.62 bits per heavy atom. The first-order valence-electron chi connectivity index (χ1n) is 9.91. The third kappa shape index (κ3) is 4.78. The lowest BCUT2D eigenvalue weighted by molar-refractivity contribution is -0.140. The average Bonchev–Trinajstić information content (AvgIpc) is 3.06. The van der Waals surface area contributed by atoms with E-state index in [1.807, 2.05) is 0 Å². The molecule has 146 valence electrons. The molecule has 0 aromatic carbocycles. The summed E-state index contributed by atoms with van der Waals surface area (Å²) < 4.78 is 11.3. The number of allylic oxidation sites excluding steroid dienone is 2. The van der Waals surface area contributed by atoms with Crippen LogP contribution in [0.1, 0.15) is 59.3 Å². The molecule has 2 fully saturated rings. The Labute approximate surface area is 160 Å². The smallest absolute Gasteiger partial charge is 0.305 e. The number of carbonyl (C=O) groups is 1. The number of ether oxygens (including phenoxy) is 1. The van der Waals surface area contributed by atoms with E-state index in [1.54, 1.807) is 0 Å². The first kappa shape index (κ1) is 21.2. The van der Waals surface area contributed by atoms with Crippen molar-refractivity contribution in [2.75, 3.05) is 7.11 Å². The van der Waals surface area contributed by atoms with Crippen LogP contribution in [0.4, 0.5) is 0 Å². The van der Waals surface area contributed by atoms with Gasteiger partial charge in [-0.2, -0.15) is 5.26 Å². The van der Waals surface area contributed by atoms with Gasteiger partial charge in [0.15, 0.2) is 8.32 Å². The van der Waals surface area contributed by atoms with E-state index in [0.717, 1.165) is 32.1 Å². The fraction of sp³-hybridized carbons (Fsp3) is 0.810. The monoisotopic (exact) mass is 377 g/mol. The molecule has 0 amide bonds. The van der Waals surface area contributed by atoms with Gasteiger partial charge in [0.05, 0.1) is 25.2 Å². The normalized spacial score (nSPS) is 30.3. The molecule has 0 heterocycles. The second-order valence-corrected chi connectivity index (χ2v) is 14.2. The summed E-state index contributed by atoms with van der Waals surface area (Å²) in [7, 11) is -0.409. The Morgan fingerprint density at radius 1 is 1.35 bits per heavy atom. The second-order valence-electron chi connectivity index (χ2n) is 9.47. The fourth-order valence-electron chi connectivity index (χ4n) is 4.12. The van der Waals surface area contributed by atoms with Crippen LogP contribution in [0.15, 0.2) is 11.6 Å². The zero-order chi connectivity index (χ0) is 19.5. The molecule has 4 atom stereocenters. The molecule has 2 aliphatic rings. The van der Waals surface area contributed by atoms with Crippen LogP contribution in [0.25, 0.3) is 0 Å². The fourth-order valence-corrected chi connectivity index (χ4v) is 5.47. The zero-order valence-corrected chi connectivity index (χ0v) is 18.3. The Bertz CT molecular complexity index is 585. The highest BCUT2D eigenvalue weighted by Crippen LogP contribution is 2.52. The minimum Gasteiger partial charge on any atom is -0.469 e. The summed E-state index contributed by atoms with van der Waals surface area (Å²) in [6, 6.07) is 2.58. The minimum atomic E-state index is -1.84. The van der Waals surface area contributed by atoms with Gasteiger partial charge in [-0.3, -0.25) is 4.79 Å². The zero-order valence-electron chi connectivity index (χ0n) is 17.3. The number of hydrogen-bond acceptors (Lipinski definition) is 4. The maximum absolute atomic E-state index is 11.2. The molecule has 0 aromatic heterocycles. The van der Waals surface area contributed by atoms with Crippen LogP contribution in [0.2, 0.25) is 18.1 Å². The molecule has 5 heteroatoms. The first-order valence-corrected chi connectivity index (χ1v) is 12.8. The Kier molecular flexibility index (Phi) is 6.74. The van der Waals surface area contributed by atoms with Crippen molar-refractivity contribution in [1.82, 2.24) is 0 Å². The average molecular weight is 378 g/mol. The summed E-state index contributed by atoms with van der Waals surface area (Å²) in [6.45, 7) is 11.3. The van der Waals surface area contributed by atoms with Crippen molar-refractivity contribution in [2.24, 2.45) is 17.8 Å². The van der Waals surface area contributed by atoms with Crippen LogP contribution in [-0.4, -0.2) is 27.5 Å². The van der Waals surface area contributed by atoms with E-state index >= 15 is 0 Å². The Hall–Kier alpha value is -1.12. The lowest BCUT2D eigenvalue weighted by atomic mass is 9.92. The van der Waals surface area contributed by atoms with Crippen molar-refractivity contribution in [2.45, 2.75) is 83.5 Å². The SMILES string of the molecule is COC(=O)CCC/C=C1/C[C@H]2C[C@@H](O[Si](C)(C)C(C)(C)C)[C@H](C#N)[C@H]2C1. The molecule has 0 N–H and O–H groups in total. The van der Waals surface area contributed by atoms with Gasteiger partial charge in [-0.1, -0.05) is 32.4 Å². The number of hydrogen-bond donors (Lipinski definition) is 0. The van der Waals surface area contributed by atoms with Crippen LogP contribution >= 0.6 is 0 Å². The molecule has 2 saturated carbocycles. The number of rotatable bonds is 6. The molecule has 2 rings (SSSR count). The molecular weight excluding hydrogens is 342 g/mol. The molecule has 0 aliphatic heterocycles. The van der Waals surface area contributed by atoms with Crippen LogP contribution in [0, 0.1) is 29.1 Å². The van der Waals surface area contributed by atoms with Gasteiger partial charge in [0.1, 0.15) is 0 Å². The van der Waals surface area contributed by atoms with Crippen LogP contribution < -0.4 is 0 Å². The molecule has 4 nitrogen and oxygen atoms in total. The van der Waals surface area contributed by atoms with Gasteiger partial charge in [0.25, 0.3) is 0 Å². The summed E-state index contributed by atoms with van der Waals surface area (Å²) in [5.41, 5.74) is 1.47. The van der Waals surface area contributed by atoms with Crippen molar-refractivity contribution in [3.63, 3.8) is 0 Å². The number of carbonyl (C=O) groups excluding carboxylic acids is 1. The minimum absolute atomic E-state index is 0.0232. The highest BCUT2D eigenvalue weighted by molar-refractivity contribution is 6.74. The topological polar surface area (TPSA) is 59.3 Å². The van der Waals surface area contributed by atoms with Crippen molar-refractivity contribution in [3.05, 3.63) is 11.6 Å². The van der Waals surface area contributed by atoms with Crippen LogP contribution in [-0.2, 0) is 14.0 Å². The summed E-state index contributed by atoms with van der Waals surface area (Å²) in [6.07, 6.45) is 7.79. The number of unbranched alkanes of at least 4 members (excludes halogenated alkanes) is 1. The van der Waals surface area contributed by atoms with E-state index in [0.29, 0.717) is 18.3 Å². The Morgan fingerprint density at radius 2 is 2.04 bits per heavy atom. The highest BCUT2D eigenvalue weighted by atomic mass is 28.4.